The molecule has 2 N–H and O–H groups in total. The van der Waals surface area contributed by atoms with Crippen LogP contribution < -0.4 is 10.6 Å². The number of urea groups is 1. The molecule has 1 unspecified atom stereocenters. The number of amides is 4. The van der Waals surface area contributed by atoms with Crippen molar-refractivity contribution in [2.75, 3.05) is 11.9 Å². The fourth-order valence-corrected chi connectivity index (χ4v) is 4.33. The second-order valence-corrected chi connectivity index (χ2v) is 8.39. The van der Waals surface area contributed by atoms with Gasteiger partial charge in [0.15, 0.2) is 0 Å². The van der Waals surface area contributed by atoms with E-state index in [-0.39, 0.29) is 6.54 Å². The Bertz CT molecular complexity index is 1410. The van der Waals surface area contributed by atoms with Gasteiger partial charge in [0.25, 0.3) is 5.91 Å². The molecule has 0 saturated carbocycles. The molecule has 8 nitrogen and oxygen atoms in total. The number of rotatable bonds is 5. The van der Waals surface area contributed by atoms with Gasteiger partial charge in [0.2, 0.25) is 5.91 Å². The van der Waals surface area contributed by atoms with Crippen LogP contribution in [0.2, 0.25) is 0 Å². The van der Waals surface area contributed by atoms with Crippen LogP contribution in [0.3, 0.4) is 0 Å². The highest BCUT2D eigenvalue weighted by Crippen LogP contribution is 2.29. The molecule has 4 amide bonds. The van der Waals surface area contributed by atoms with Gasteiger partial charge in [-0.3, -0.25) is 19.1 Å². The Morgan fingerprint density at radius 1 is 1.00 bits per heavy atom. The third kappa shape index (κ3) is 3.59. The van der Waals surface area contributed by atoms with E-state index in [2.05, 4.69) is 15.6 Å². The minimum Gasteiger partial charge on any atom is -0.324 e. The number of fused-ring (bicyclic) bond motifs is 1. The maximum Gasteiger partial charge on any atom is 0.325 e. The highest BCUT2D eigenvalue weighted by atomic mass is 16.2. The number of imidazole rings is 1. The summed E-state index contributed by atoms with van der Waals surface area (Å²) in [5, 5.41) is 5.48. The van der Waals surface area contributed by atoms with Crippen LogP contribution in [0.5, 0.6) is 0 Å². The summed E-state index contributed by atoms with van der Waals surface area (Å²) in [6.07, 6.45) is 0. The summed E-state index contributed by atoms with van der Waals surface area (Å²) >= 11 is 0. The molecule has 3 aromatic carbocycles. The zero-order chi connectivity index (χ0) is 23.9. The van der Waals surface area contributed by atoms with Crippen LogP contribution >= 0.6 is 0 Å². The first-order chi connectivity index (χ1) is 16.4. The third-order valence-corrected chi connectivity index (χ3v) is 6.05. The fourth-order valence-electron chi connectivity index (χ4n) is 4.33. The van der Waals surface area contributed by atoms with Gasteiger partial charge in [0.05, 0.1) is 11.0 Å². The molecule has 0 spiro atoms. The average molecular weight is 454 g/mol. The first-order valence-electron chi connectivity index (χ1n) is 10.9. The van der Waals surface area contributed by atoms with Crippen LogP contribution in [0.25, 0.3) is 16.7 Å². The molecule has 1 aromatic heterocycles. The van der Waals surface area contributed by atoms with Gasteiger partial charge >= 0.3 is 6.03 Å². The van der Waals surface area contributed by atoms with Crippen molar-refractivity contribution >= 4 is 34.6 Å². The first-order valence-corrected chi connectivity index (χ1v) is 10.9. The summed E-state index contributed by atoms with van der Waals surface area (Å²) in [5.41, 5.74) is 2.62. The molecule has 1 atom stereocenters. The van der Waals surface area contributed by atoms with E-state index in [0.717, 1.165) is 27.4 Å². The van der Waals surface area contributed by atoms with Crippen LogP contribution in [0.15, 0.2) is 78.9 Å². The van der Waals surface area contributed by atoms with Crippen molar-refractivity contribution in [2.24, 2.45) is 0 Å². The van der Waals surface area contributed by atoms with Crippen LogP contribution in [0, 0.1) is 6.92 Å². The number of aromatic nitrogens is 2. The summed E-state index contributed by atoms with van der Waals surface area (Å²) in [5.74, 6) is -0.116. The Balaban J connectivity index is 1.33. The van der Waals surface area contributed by atoms with Crippen molar-refractivity contribution in [3.8, 4) is 5.69 Å². The van der Waals surface area contributed by atoms with Crippen molar-refractivity contribution in [1.29, 1.82) is 0 Å². The molecule has 4 aromatic rings. The molecule has 0 aliphatic carbocycles. The Labute approximate surface area is 196 Å². The molecule has 2 heterocycles. The van der Waals surface area contributed by atoms with Gasteiger partial charge in [-0.1, -0.05) is 48.5 Å². The van der Waals surface area contributed by atoms with Gasteiger partial charge in [-0.25, -0.2) is 9.78 Å². The molecule has 0 bridgehead atoms. The smallest absolute Gasteiger partial charge is 0.324 e. The largest absolute Gasteiger partial charge is 0.325 e. The van der Waals surface area contributed by atoms with E-state index in [4.69, 9.17) is 0 Å². The van der Waals surface area contributed by atoms with Crippen molar-refractivity contribution < 1.29 is 14.4 Å². The first kappa shape index (κ1) is 21.4. The molecule has 8 heteroatoms. The summed E-state index contributed by atoms with van der Waals surface area (Å²) in [7, 11) is 0. The number of para-hydroxylation sites is 1. The summed E-state index contributed by atoms with van der Waals surface area (Å²) in [6.45, 7) is 3.18. The lowest BCUT2D eigenvalue weighted by atomic mass is 9.92. The molecule has 1 aliphatic rings. The Morgan fingerprint density at radius 2 is 1.68 bits per heavy atom. The van der Waals surface area contributed by atoms with Crippen LogP contribution in [-0.4, -0.2) is 38.8 Å². The Kier molecular flexibility index (Phi) is 5.13. The number of anilines is 1. The summed E-state index contributed by atoms with van der Waals surface area (Å²) < 4.78 is 2.04. The number of carbonyl (C=O) groups excluding carboxylic acids is 3. The number of nitrogens with zero attached hydrogens (tertiary/aromatic N) is 3. The molecule has 34 heavy (non-hydrogen) atoms. The lowest BCUT2D eigenvalue weighted by Gasteiger charge is -2.22. The molecule has 170 valence electrons. The van der Waals surface area contributed by atoms with Gasteiger partial charge in [-0.2, -0.15) is 0 Å². The van der Waals surface area contributed by atoms with Gasteiger partial charge < -0.3 is 10.6 Å². The quantitative estimate of drug-likeness (QED) is 0.450. The number of benzene rings is 3. The molecular weight excluding hydrogens is 430 g/mol. The number of carbonyl (C=O) groups is 3. The number of hydrogen-bond acceptors (Lipinski definition) is 4. The normalized spacial score (nSPS) is 17.8. The third-order valence-electron chi connectivity index (χ3n) is 6.05. The second-order valence-electron chi connectivity index (χ2n) is 8.39. The van der Waals surface area contributed by atoms with Crippen LogP contribution in [-0.2, 0) is 15.1 Å². The Morgan fingerprint density at radius 3 is 2.38 bits per heavy atom. The topological polar surface area (TPSA) is 96.3 Å². The van der Waals surface area contributed by atoms with Crippen molar-refractivity contribution in [3.05, 3.63) is 90.3 Å². The highest BCUT2D eigenvalue weighted by Gasteiger charge is 2.49. The monoisotopic (exact) mass is 453 g/mol. The Hall–Kier alpha value is -4.46. The maximum atomic E-state index is 13.0. The minimum absolute atomic E-state index is 0.386. The fraction of sp³-hybridized carbons (Fsp3) is 0.154. The van der Waals surface area contributed by atoms with Crippen molar-refractivity contribution in [3.63, 3.8) is 0 Å². The van der Waals surface area contributed by atoms with E-state index < -0.39 is 23.4 Å². The average Bonchev–Trinajstić information content (AvgIpc) is 3.28. The van der Waals surface area contributed by atoms with E-state index in [1.165, 1.54) is 0 Å². The van der Waals surface area contributed by atoms with E-state index in [9.17, 15) is 14.4 Å². The van der Waals surface area contributed by atoms with Gasteiger partial charge in [0.1, 0.15) is 17.9 Å². The van der Waals surface area contributed by atoms with Gasteiger partial charge in [0, 0.05) is 11.4 Å². The SMILES string of the molecule is Cc1nc2cc(NC(=O)CN3C(=O)NC(C)(c4ccccc4)C3=O)ccc2n1-c1ccccc1. The number of hydrogen-bond donors (Lipinski definition) is 2. The van der Waals surface area contributed by atoms with E-state index in [1.807, 2.05) is 54.0 Å². The lowest BCUT2D eigenvalue weighted by molar-refractivity contribution is -0.133. The minimum atomic E-state index is -1.21. The number of aryl methyl sites for hydroxylation is 1. The zero-order valence-corrected chi connectivity index (χ0v) is 18.8. The van der Waals surface area contributed by atoms with E-state index >= 15 is 0 Å². The predicted octanol–water partition coefficient (Wildman–Crippen LogP) is 3.74. The number of nitrogens with one attached hydrogen (secondary N) is 2. The van der Waals surface area contributed by atoms with Crippen LogP contribution in [0.1, 0.15) is 18.3 Å². The van der Waals surface area contributed by atoms with Crippen molar-refractivity contribution in [1.82, 2.24) is 19.8 Å². The van der Waals surface area contributed by atoms with Gasteiger partial charge in [-0.05, 0) is 49.7 Å². The van der Waals surface area contributed by atoms with E-state index in [0.29, 0.717) is 11.3 Å². The van der Waals surface area contributed by atoms with E-state index in [1.54, 1.807) is 43.3 Å². The molecular formula is C26H23N5O3. The lowest BCUT2D eigenvalue weighted by Crippen LogP contribution is -2.42. The zero-order valence-electron chi connectivity index (χ0n) is 18.8. The predicted molar refractivity (Wildman–Crippen MR) is 128 cm³/mol. The molecule has 1 aliphatic heterocycles. The maximum absolute atomic E-state index is 13.0. The van der Waals surface area contributed by atoms with Crippen LogP contribution in [0.4, 0.5) is 10.5 Å². The van der Waals surface area contributed by atoms with Gasteiger partial charge in [-0.15, -0.1) is 0 Å². The molecule has 1 fully saturated rings. The summed E-state index contributed by atoms with van der Waals surface area (Å²) in [6, 6.07) is 23.7. The molecule has 1 saturated heterocycles. The summed E-state index contributed by atoms with van der Waals surface area (Å²) in [4.78, 5) is 43.8. The second kappa shape index (κ2) is 8.15. The highest BCUT2D eigenvalue weighted by molar-refractivity contribution is 6.10. The standard InChI is InChI=1S/C26H23N5O3/c1-17-27-21-15-19(13-14-22(21)31(17)20-11-7-4-8-12-20)28-23(32)16-30-24(33)26(2,29-25(30)34)18-9-5-3-6-10-18/h3-15H,16H2,1-2H3,(H,28,32)(H,29,34). The van der Waals surface area contributed by atoms with Crippen molar-refractivity contribution in [2.45, 2.75) is 19.4 Å². The molecule has 5 rings (SSSR count). The molecule has 0 radical (unpaired) electrons. The number of imide groups is 1.